The average Bonchev–Trinajstić information content (AvgIpc) is 2.55. The maximum atomic E-state index is 8.66. The van der Waals surface area contributed by atoms with Crippen molar-refractivity contribution in [3.8, 4) is 0 Å². The largest absolute Gasteiger partial charge is 0.485 e. The lowest BCUT2D eigenvalue weighted by atomic mass is 9.59. The molecule has 13 heavy (non-hydrogen) atoms. The number of fused-ring (bicyclic) bond motifs is 1. The molecule has 3 fully saturated rings. The molecule has 0 aromatic heterocycles. The Kier molecular flexibility index (Phi) is 1.27. The molecule has 71 valence electrons. The van der Waals surface area contributed by atoms with Gasteiger partial charge in [-0.2, -0.15) is 0 Å². The molecule has 0 heterocycles. The molecule has 3 aliphatic rings. The van der Waals surface area contributed by atoms with Crippen LogP contribution in [0.25, 0.3) is 0 Å². The first-order valence-corrected chi connectivity index (χ1v) is 5.16. The Morgan fingerprint density at radius 2 is 2.08 bits per heavy atom. The van der Waals surface area contributed by atoms with Crippen LogP contribution in [0.5, 0.6) is 0 Å². The Morgan fingerprint density at radius 1 is 1.38 bits per heavy atom. The van der Waals surface area contributed by atoms with E-state index in [1.54, 1.807) is 0 Å². The van der Waals surface area contributed by atoms with Gasteiger partial charge in [0.05, 0.1) is 0 Å². The van der Waals surface area contributed by atoms with Crippen LogP contribution >= 0.6 is 0 Å². The van der Waals surface area contributed by atoms with Crippen LogP contribution in [0, 0.1) is 28.6 Å². The Morgan fingerprint density at radius 3 is 2.46 bits per heavy atom. The summed E-state index contributed by atoms with van der Waals surface area (Å²) in [6.07, 6.45) is 1.42. The predicted octanol–water partition coefficient (Wildman–Crippen LogP) is 1.21. The zero-order valence-corrected chi connectivity index (χ0v) is 8.45. The average molecular weight is 179 g/mol. The minimum Gasteiger partial charge on any atom is -0.429 e. The van der Waals surface area contributed by atoms with Crippen molar-refractivity contribution in [2.75, 3.05) is 0 Å². The van der Waals surface area contributed by atoms with Crippen LogP contribution < -0.4 is 0 Å². The number of rotatable bonds is 2. The molecular formula is C10H16BO2. The van der Waals surface area contributed by atoms with Crippen LogP contribution in [0.3, 0.4) is 0 Å². The highest BCUT2D eigenvalue weighted by Crippen LogP contribution is 2.87. The van der Waals surface area contributed by atoms with Gasteiger partial charge in [0.2, 0.25) is 0 Å². The quantitative estimate of drug-likeness (QED) is 0.645. The lowest BCUT2D eigenvalue weighted by molar-refractivity contribution is -0.0143. The van der Waals surface area contributed by atoms with E-state index in [-0.39, 0.29) is 6.10 Å². The summed E-state index contributed by atoms with van der Waals surface area (Å²) in [5.41, 5.74) is 0.919. The Balaban J connectivity index is 1.84. The molecule has 3 saturated carbocycles. The van der Waals surface area contributed by atoms with Crippen molar-refractivity contribution in [3.63, 3.8) is 0 Å². The zero-order valence-electron chi connectivity index (χ0n) is 8.45. The van der Waals surface area contributed by atoms with E-state index in [0.29, 0.717) is 10.8 Å². The van der Waals surface area contributed by atoms with Crippen LogP contribution in [0.15, 0.2) is 0 Å². The van der Waals surface area contributed by atoms with Gasteiger partial charge >= 0.3 is 7.69 Å². The van der Waals surface area contributed by atoms with E-state index >= 15 is 0 Å². The summed E-state index contributed by atoms with van der Waals surface area (Å²) in [7, 11) is 0.878. The van der Waals surface area contributed by atoms with Crippen molar-refractivity contribution in [3.05, 3.63) is 0 Å². The Labute approximate surface area is 80.0 Å². The fourth-order valence-electron chi connectivity index (χ4n) is 4.70. The van der Waals surface area contributed by atoms with E-state index in [0.717, 1.165) is 31.9 Å². The number of hydrogen-bond acceptors (Lipinski definition) is 2. The van der Waals surface area contributed by atoms with Gasteiger partial charge in [-0.25, -0.2) is 0 Å². The molecule has 0 spiro atoms. The lowest BCUT2D eigenvalue weighted by Crippen LogP contribution is -2.43. The summed E-state index contributed by atoms with van der Waals surface area (Å²) >= 11 is 0. The van der Waals surface area contributed by atoms with Gasteiger partial charge in [0.25, 0.3) is 0 Å². The van der Waals surface area contributed by atoms with Crippen molar-refractivity contribution in [1.82, 2.24) is 0 Å². The van der Waals surface area contributed by atoms with Gasteiger partial charge in [-0.1, -0.05) is 20.8 Å². The molecule has 0 amide bonds. The third kappa shape index (κ3) is 0.647. The van der Waals surface area contributed by atoms with Gasteiger partial charge < -0.3 is 9.68 Å². The third-order valence-corrected chi connectivity index (χ3v) is 5.22. The molecule has 0 aromatic carbocycles. The molecule has 3 aliphatic carbocycles. The summed E-state index contributed by atoms with van der Waals surface area (Å²) < 4.78 is 5.28. The minimum absolute atomic E-state index is 0.283. The molecule has 2 nitrogen and oxygen atoms in total. The van der Waals surface area contributed by atoms with Crippen molar-refractivity contribution in [2.24, 2.45) is 28.6 Å². The minimum atomic E-state index is 0.283. The molecule has 0 aromatic rings. The van der Waals surface area contributed by atoms with Gasteiger partial charge in [-0.3, -0.25) is 0 Å². The first-order chi connectivity index (χ1) is 6.04. The SMILES string of the molecule is CC1(C)[C@@H]2C[C@@H](O[B]O)[C@]3(C)C2[C@@H]13. The lowest BCUT2D eigenvalue weighted by Gasteiger charge is -2.46. The van der Waals surface area contributed by atoms with Crippen LogP contribution in [0.2, 0.25) is 0 Å². The van der Waals surface area contributed by atoms with E-state index < -0.39 is 0 Å². The van der Waals surface area contributed by atoms with Crippen LogP contribution in [-0.4, -0.2) is 18.8 Å². The first-order valence-electron chi connectivity index (χ1n) is 5.16. The summed E-state index contributed by atoms with van der Waals surface area (Å²) in [4.78, 5) is 0. The van der Waals surface area contributed by atoms with Crippen LogP contribution in [-0.2, 0) is 4.65 Å². The Hall–Kier alpha value is -0.0151. The van der Waals surface area contributed by atoms with Crippen LogP contribution in [0.1, 0.15) is 27.2 Å². The molecule has 5 atom stereocenters. The highest BCUT2D eigenvalue weighted by atomic mass is 16.5. The molecule has 1 radical (unpaired) electrons. The maximum absolute atomic E-state index is 8.66. The topological polar surface area (TPSA) is 29.5 Å². The van der Waals surface area contributed by atoms with E-state index in [2.05, 4.69) is 20.8 Å². The molecular weight excluding hydrogens is 163 g/mol. The monoisotopic (exact) mass is 179 g/mol. The molecule has 1 unspecified atom stereocenters. The molecule has 3 heteroatoms. The van der Waals surface area contributed by atoms with E-state index in [9.17, 15) is 0 Å². The van der Waals surface area contributed by atoms with Crippen molar-refractivity contribution < 1.29 is 9.68 Å². The van der Waals surface area contributed by atoms with Gasteiger partial charge in [-0.15, -0.1) is 0 Å². The molecule has 0 bridgehead atoms. The van der Waals surface area contributed by atoms with Crippen molar-refractivity contribution >= 4 is 7.69 Å². The third-order valence-electron chi connectivity index (χ3n) is 5.22. The second-order valence-corrected chi connectivity index (χ2v) is 5.76. The highest BCUT2D eigenvalue weighted by Gasteiger charge is 2.85. The zero-order chi connectivity index (χ0) is 9.43. The van der Waals surface area contributed by atoms with E-state index in [1.807, 2.05) is 0 Å². The molecule has 0 saturated heterocycles. The van der Waals surface area contributed by atoms with Crippen LogP contribution in [0.4, 0.5) is 0 Å². The summed E-state index contributed by atoms with van der Waals surface area (Å²) in [5, 5.41) is 8.66. The van der Waals surface area contributed by atoms with Gasteiger partial charge in [0.15, 0.2) is 0 Å². The summed E-state index contributed by atoms with van der Waals surface area (Å²) in [5.74, 6) is 2.59. The van der Waals surface area contributed by atoms with Gasteiger partial charge in [0.1, 0.15) is 0 Å². The van der Waals surface area contributed by atoms with E-state index in [1.165, 1.54) is 0 Å². The fraction of sp³-hybridized carbons (Fsp3) is 1.00. The normalized spacial score (nSPS) is 59.7. The second-order valence-electron chi connectivity index (χ2n) is 5.76. The first kappa shape index (κ1) is 8.31. The molecule has 3 rings (SSSR count). The number of hydrogen-bond donors (Lipinski definition) is 1. The summed E-state index contributed by atoms with van der Waals surface area (Å²) in [6.45, 7) is 7.08. The standard InChI is InChI=1S/C10H16BO2/c1-9(2)5-4-6(13-11-12)10(3)7(5)8(9)10/h5-8,12H,4H2,1-3H3/t5-,6-,7?,8+,10-/m1/s1. The summed E-state index contributed by atoms with van der Waals surface area (Å²) in [6, 6.07) is 0. The molecule has 0 aliphatic heterocycles. The van der Waals surface area contributed by atoms with Crippen molar-refractivity contribution in [2.45, 2.75) is 33.3 Å². The van der Waals surface area contributed by atoms with E-state index in [4.69, 9.17) is 9.68 Å². The van der Waals surface area contributed by atoms with Gasteiger partial charge in [0, 0.05) is 6.10 Å². The predicted molar refractivity (Wildman–Crippen MR) is 49.8 cm³/mol. The Bertz CT molecular complexity index is 258. The highest BCUT2D eigenvalue weighted by molar-refractivity contribution is 6.16. The van der Waals surface area contributed by atoms with Crippen molar-refractivity contribution in [1.29, 1.82) is 0 Å². The smallest absolute Gasteiger partial charge is 0.429 e. The maximum Gasteiger partial charge on any atom is 0.485 e. The fourth-order valence-corrected chi connectivity index (χ4v) is 4.70. The van der Waals surface area contributed by atoms with Gasteiger partial charge in [-0.05, 0) is 35.0 Å². The molecule has 1 N–H and O–H groups in total. The second kappa shape index (κ2) is 1.99.